The van der Waals surface area contributed by atoms with Crippen molar-refractivity contribution >= 4 is 50.7 Å². The van der Waals surface area contributed by atoms with Crippen molar-refractivity contribution in [3.05, 3.63) is 87.9 Å². The molecule has 0 aliphatic carbocycles. The van der Waals surface area contributed by atoms with E-state index in [4.69, 9.17) is 27.9 Å². The number of nitrogens with zero attached hydrogens (tertiary/aromatic N) is 2. The number of methoxy groups -OCH3 is 1. The van der Waals surface area contributed by atoms with Crippen LogP contribution < -0.4 is 14.4 Å². The summed E-state index contributed by atoms with van der Waals surface area (Å²) in [4.78, 5) is 28.5. The first kappa shape index (κ1) is 32.2. The van der Waals surface area contributed by atoms with Crippen molar-refractivity contribution in [1.29, 1.82) is 0 Å². The molecule has 11 heteroatoms. The Balaban J connectivity index is 2.07. The number of anilines is 1. The summed E-state index contributed by atoms with van der Waals surface area (Å²) in [5.41, 5.74) is 1.10. The second-order valence-corrected chi connectivity index (χ2v) is 13.3. The van der Waals surface area contributed by atoms with E-state index in [1.165, 1.54) is 36.3 Å². The Hall–Kier alpha value is -3.27. The number of hydrogen-bond donors (Lipinski definition) is 1. The van der Waals surface area contributed by atoms with Crippen molar-refractivity contribution in [2.45, 2.75) is 57.6 Å². The number of hydrogen-bond acceptors (Lipinski definition) is 5. The molecule has 0 spiro atoms. The van der Waals surface area contributed by atoms with Gasteiger partial charge in [0.1, 0.15) is 18.3 Å². The molecule has 0 aromatic heterocycles. The number of carbonyl (C=O) groups excluding carboxylic acids is 2. The van der Waals surface area contributed by atoms with Crippen LogP contribution in [-0.4, -0.2) is 50.4 Å². The number of ether oxygens (including phenoxy) is 1. The second-order valence-electron chi connectivity index (χ2n) is 10.7. The van der Waals surface area contributed by atoms with E-state index in [1.54, 1.807) is 49.4 Å². The van der Waals surface area contributed by atoms with Crippen LogP contribution in [0.5, 0.6) is 5.75 Å². The molecule has 2 amide bonds. The third kappa shape index (κ3) is 8.15. The van der Waals surface area contributed by atoms with Gasteiger partial charge in [-0.15, -0.1) is 0 Å². The quantitative estimate of drug-likeness (QED) is 0.308. The zero-order valence-corrected chi connectivity index (χ0v) is 26.3. The van der Waals surface area contributed by atoms with Crippen LogP contribution in [0.15, 0.2) is 71.6 Å². The monoisotopic (exact) mass is 619 g/mol. The number of nitrogens with one attached hydrogen (secondary N) is 1. The van der Waals surface area contributed by atoms with Crippen molar-refractivity contribution in [3.63, 3.8) is 0 Å². The molecule has 8 nitrogen and oxygen atoms in total. The minimum atomic E-state index is -4.21. The Morgan fingerprint density at radius 2 is 1.51 bits per heavy atom. The maximum absolute atomic E-state index is 14.0. The van der Waals surface area contributed by atoms with E-state index >= 15 is 0 Å². The summed E-state index contributed by atoms with van der Waals surface area (Å²) in [7, 11) is -2.72. The molecule has 0 radical (unpaired) electrons. The number of benzene rings is 3. The molecule has 0 saturated heterocycles. The molecule has 0 aliphatic rings. The SMILES string of the molecule is COc1ccc(S(=O)(=O)N(CC(=O)N(Cc2c(Cl)cccc2Cl)[C@H](C)C(=O)NC(C)(C)C)c2ccc(C)cc2)cc1. The second kappa shape index (κ2) is 13.1. The van der Waals surface area contributed by atoms with Crippen molar-refractivity contribution < 1.29 is 22.7 Å². The zero-order chi connectivity index (χ0) is 30.5. The Bertz CT molecular complexity index is 1470. The fraction of sp³-hybridized carbons (Fsp3) is 0.333. The zero-order valence-electron chi connectivity index (χ0n) is 23.9. The lowest BCUT2D eigenvalue weighted by Crippen LogP contribution is -2.54. The molecule has 220 valence electrons. The van der Waals surface area contributed by atoms with Gasteiger partial charge in [0, 0.05) is 27.7 Å². The molecule has 0 aliphatic heterocycles. The van der Waals surface area contributed by atoms with Gasteiger partial charge in [-0.2, -0.15) is 0 Å². The highest BCUT2D eigenvalue weighted by molar-refractivity contribution is 7.92. The fourth-order valence-electron chi connectivity index (χ4n) is 4.03. The third-order valence-corrected chi connectivity index (χ3v) is 8.80. The van der Waals surface area contributed by atoms with Gasteiger partial charge in [-0.1, -0.05) is 47.0 Å². The van der Waals surface area contributed by atoms with Crippen molar-refractivity contribution in [3.8, 4) is 5.75 Å². The Labute approximate surface area is 252 Å². The number of halogens is 2. The Kier molecular flexibility index (Phi) is 10.3. The molecule has 0 fully saturated rings. The summed E-state index contributed by atoms with van der Waals surface area (Å²) in [6.07, 6.45) is 0. The Morgan fingerprint density at radius 3 is 2.02 bits per heavy atom. The van der Waals surface area contributed by atoms with E-state index in [0.717, 1.165) is 9.87 Å². The lowest BCUT2D eigenvalue weighted by Gasteiger charge is -2.34. The molecule has 41 heavy (non-hydrogen) atoms. The fourth-order valence-corrected chi connectivity index (χ4v) is 5.96. The molecule has 3 aromatic carbocycles. The van der Waals surface area contributed by atoms with Crippen LogP contribution in [0.4, 0.5) is 5.69 Å². The topological polar surface area (TPSA) is 96.0 Å². The van der Waals surface area contributed by atoms with E-state index in [9.17, 15) is 18.0 Å². The highest BCUT2D eigenvalue weighted by atomic mass is 35.5. The predicted molar refractivity (Wildman–Crippen MR) is 163 cm³/mol. The lowest BCUT2D eigenvalue weighted by atomic mass is 10.1. The maximum Gasteiger partial charge on any atom is 0.264 e. The average molecular weight is 621 g/mol. The lowest BCUT2D eigenvalue weighted by molar-refractivity contribution is -0.140. The summed E-state index contributed by atoms with van der Waals surface area (Å²) in [5, 5.41) is 3.52. The van der Waals surface area contributed by atoms with E-state index in [1.807, 2.05) is 27.7 Å². The maximum atomic E-state index is 14.0. The van der Waals surface area contributed by atoms with Crippen molar-refractivity contribution in [1.82, 2.24) is 10.2 Å². The molecule has 0 heterocycles. The Morgan fingerprint density at radius 1 is 0.951 bits per heavy atom. The van der Waals surface area contributed by atoms with Crippen LogP contribution in [0.25, 0.3) is 0 Å². The molecular weight excluding hydrogens is 585 g/mol. The van der Waals surface area contributed by atoms with Crippen LogP contribution in [0.1, 0.15) is 38.8 Å². The van der Waals surface area contributed by atoms with Gasteiger partial charge in [0.15, 0.2) is 0 Å². The number of sulfonamides is 1. The summed E-state index contributed by atoms with van der Waals surface area (Å²) in [5.74, 6) is -0.535. The first-order valence-corrected chi connectivity index (χ1v) is 15.1. The molecule has 0 unspecified atom stereocenters. The molecule has 3 aromatic rings. The van der Waals surface area contributed by atoms with E-state index in [-0.39, 0.29) is 11.4 Å². The number of aryl methyl sites for hydroxylation is 1. The smallest absolute Gasteiger partial charge is 0.264 e. The molecule has 0 bridgehead atoms. The predicted octanol–water partition coefficient (Wildman–Crippen LogP) is 5.84. The molecule has 1 N–H and O–H groups in total. The highest BCUT2D eigenvalue weighted by Gasteiger charge is 2.34. The summed E-state index contributed by atoms with van der Waals surface area (Å²) in [6.45, 7) is 8.26. The van der Waals surface area contributed by atoms with Gasteiger partial charge in [0.05, 0.1) is 17.7 Å². The van der Waals surface area contributed by atoms with E-state index < -0.39 is 40.0 Å². The number of carbonyl (C=O) groups is 2. The van der Waals surface area contributed by atoms with Gasteiger partial charge in [0.2, 0.25) is 11.8 Å². The summed E-state index contributed by atoms with van der Waals surface area (Å²) < 4.78 is 34.1. The molecule has 1 atom stereocenters. The number of amides is 2. The first-order chi connectivity index (χ1) is 19.1. The molecule has 3 rings (SSSR count). The van der Waals surface area contributed by atoms with Crippen LogP contribution in [0.2, 0.25) is 10.0 Å². The standard InChI is InChI=1S/C30H35Cl2N3O5S/c1-20-10-12-22(13-11-20)35(41(38,39)24-16-14-23(40-6)15-17-24)19-28(36)34(21(2)29(37)33-30(3,4)5)18-25-26(31)8-7-9-27(25)32/h7-17,21H,18-19H2,1-6H3,(H,33,37)/t21-/m1/s1. The van der Waals surface area contributed by atoms with Crippen LogP contribution in [0.3, 0.4) is 0 Å². The van der Waals surface area contributed by atoms with Gasteiger partial charge < -0.3 is 15.0 Å². The minimum Gasteiger partial charge on any atom is -0.497 e. The van der Waals surface area contributed by atoms with Crippen molar-refractivity contribution in [2.75, 3.05) is 18.0 Å². The van der Waals surface area contributed by atoms with E-state index in [2.05, 4.69) is 5.32 Å². The highest BCUT2D eigenvalue weighted by Crippen LogP contribution is 2.29. The van der Waals surface area contributed by atoms with E-state index in [0.29, 0.717) is 27.0 Å². The van der Waals surface area contributed by atoms with Gasteiger partial charge >= 0.3 is 0 Å². The average Bonchev–Trinajstić information content (AvgIpc) is 2.90. The molecular formula is C30H35Cl2N3O5S. The van der Waals surface area contributed by atoms with Gasteiger partial charge in [0.25, 0.3) is 10.0 Å². The third-order valence-electron chi connectivity index (χ3n) is 6.30. The molecule has 0 saturated carbocycles. The van der Waals surface area contributed by atoms with Crippen LogP contribution in [0, 0.1) is 6.92 Å². The van der Waals surface area contributed by atoms with Crippen LogP contribution in [-0.2, 0) is 26.2 Å². The summed E-state index contributed by atoms with van der Waals surface area (Å²) >= 11 is 12.8. The van der Waals surface area contributed by atoms with Gasteiger partial charge in [-0.25, -0.2) is 8.42 Å². The van der Waals surface area contributed by atoms with Crippen molar-refractivity contribution in [2.24, 2.45) is 0 Å². The normalized spacial score (nSPS) is 12.4. The number of rotatable bonds is 10. The van der Waals surface area contributed by atoms with Crippen LogP contribution >= 0.6 is 23.2 Å². The summed E-state index contributed by atoms with van der Waals surface area (Å²) in [6, 6.07) is 16.7. The first-order valence-electron chi connectivity index (χ1n) is 12.9. The van der Waals surface area contributed by atoms with Gasteiger partial charge in [-0.3, -0.25) is 13.9 Å². The largest absolute Gasteiger partial charge is 0.497 e. The van der Waals surface area contributed by atoms with Gasteiger partial charge in [-0.05, 0) is 83.1 Å². The minimum absolute atomic E-state index is 0.0223.